The molecular weight excluding hydrogens is 396 g/mol. The zero-order chi connectivity index (χ0) is 21.3. The zero-order valence-electron chi connectivity index (χ0n) is 16.9. The quantitative estimate of drug-likeness (QED) is 0.658. The van der Waals surface area contributed by atoms with E-state index in [9.17, 15) is 22.8 Å². The van der Waals surface area contributed by atoms with Crippen molar-refractivity contribution in [2.45, 2.75) is 30.6 Å². The summed E-state index contributed by atoms with van der Waals surface area (Å²) in [6.07, 6.45) is 4.02. The molecule has 0 N–H and O–H groups in total. The van der Waals surface area contributed by atoms with E-state index >= 15 is 0 Å². The van der Waals surface area contributed by atoms with Gasteiger partial charge in [0.05, 0.1) is 22.5 Å². The van der Waals surface area contributed by atoms with Gasteiger partial charge in [-0.1, -0.05) is 12.8 Å². The van der Waals surface area contributed by atoms with Crippen LogP contribution in [0.3, 0.4) is 0 Å². The number of likely N-dealkylation sites (N-methyl/N-ethyl adjacent to an activating group) is 1. The highest BCUT2D eigenvalue weighted by atomic mass is 32.2. The lowest BCUT2D eigenvalue weighted by Crippen LogP contribution is -2.41. The Kier molecular flexibility index (Phi) is 5.95. The molecule has 10 heteroatoms. The molecule has 0 atom stereocenters. The number of benzene rings is 1. The SMILES string of the molecule is CN(CC(=O)N1CCCCCC1)S(=O)(=O)c1ccc2c(c1)n(C)c(=O)c(=O)n2C. The molecule has 0 saturated carbocycles. The highest BCUT2D eigenvalue weighted by Gasteiger charge is 2.26. The van der Waals surface area contributed by atoms with Gasteiger partial charge >= 0.3 is 11.1 Å². The van der Waals surface area contributed by atoms with Gasteiger partial charge in [0.25, 0.3) is 0 Å². The summed E-state index contributed by atoms with van der Waals surface area (Å²) < 4.78 is 29.4. The molecule has 29 heavy (non-hydrogen) atoms. The average Bonchev–Trinajstić information content (AvgIpc) is 2.99. The minimum absolute atomic E-state index is 0.0372. The fraction of sp³-hybridized carbons (Fsp3) is 0.526. The van der Waals surface area contributed by atoms with E-state index < -0.39 is 21.1 Å². The van der Waals surface area contributed by atoms with Crippen molar-refractivity contribution < 1.29 is 13.2 Å². The third-order valence-corrected chi connectivity index (χ3v) is 7.29. The summed E-state index contributed by atoms with van der Waals surface area (Å²) in [6, 6.07) is 4.24. The summed E-state index contributed by atoms with van der Waals surface area (Å²) in [4.78, 5) is 38.3. The maximum Gasteiger partial charge on any atom is 0.316 e. The molecule has 0 bridgehead atoms. The maximum atomic E-state index is 13.0. The second kappa shape index (κ2) is 8.11. The third kappa shape index (κ3) is 3.99. The second-order valence-electron chi connectivity index (χ2n) is 7.43. The number of hydrogen-bond acceptors (Lipinski definition) is 5. The van der Waals surface area contributed by atoms with Crippen LogP contribution in [0.4, 0.5) is 0 Å². The van der Waals surface area contributed by atoms with Gasteiger partial charge in [0.2, 0.25) is 15.9 Å². The van der Waals surface area contributed by atoms with Crippen molar-refractivity contribution in [2.75, 3.05) is 26.7 Å². The van der Waals surface area contributed by atoms with Crippen LogP contribution in [0.1, 0.15) is 25.7 Å². The number of likely N-dealkylation sites (tertiary alicyclic amines) is 1. The monoisotopic (exact) mass is 422 g/mol. The Bertz CT molecular complexity index is 1160. The van der Waals surface area contributed by atoms with Crippen LogP contribution in [0.25, 0.3) is 11.0 Å². The van der Waals surface area contributed by atoms with Gasteiger partial charge in [-0.05, 0) is 31.0 Å². The first kappa shape index (κ1) is 21.3. The molecule has 0 spiro atoms. The lowest BCUT2D eigenvalue weighted by atomic mass is 10.2. The molecule has 1 aliphatic heterocycles. The summed E-state index contributed by atoms with van der Waals surface area (Å²) in [6.45, 7) is 1.06. The molecule has 2 heterocycles. The van der Waals surface area contributed by atoms with Crippen LogP contribution < -0.4 is 11.1 Å². The number of amides is 1. The molecule has 1 aromatic carbocycles. The number of sulfonamides is 1. The molecule has 0 unspecified atom stereocenters. The van der Waals surface area contributed by atoms with E-state index in [1.54, 1.807) is 4.90 Å². The van der Waals surface area contributed by atoms with Gasteiger partial charge in [-0.25, -0.2) is 8.42 Å². The summed E-state index contributed by atoms with van der Waals surface area (Å²) >= 11 is 0. The first-order valence-electron chi connectivity index (χ1n) is 9.58. The Morgan fingerprint density at radius 3 is 2.10 bits per heavy atom. The van der Waals surface area contributed by atoms with Gasteiger partial charge in [-0.2, -0.15) is 4.31 Å². The first-order chi connectivity index (χ1) is 13.6. The van der Waals surface area contributed by atoms with E-state index in [-0.39, 0.29) is 17.3 Å². The molecule has 0 radical (unpaired) electrons. The fourth-order valence-corrected chi connectivity index (χ4v) is 4.74. The first-order valence-corrected chi connectivity index (χ1v) is 11.0. The predicted molar refractivity (Wildman–Crippen MR) is 109 cm³/mol. The van der Waals surface area contributed by atoms with Crippen molar-refractivity contribution in [2.24, 2.45) is 14.1 Å². The summed E-state index contributed by atoms with van der Waals surface area (Å²) in [5.41, 5.74) is -0.653. The normalized spacial score (nSPS) is 15.7. The van der Waals surface area contributed by atoms with Crippen molar-refractivity contribution in [1.82, 2.24) is 18.3 Å². The van der Waals surface area contributed by atoms with Gasteiger partial charge < -0.3 is 14.0 Å². The summed E-state index contributed by atoms with van der Waals surface area (Å²) in [5, 5.41) is 0. The number of rotatable bonds is 4. The average molecular weight is 423 g/mol. The van der Waals surface area contributed by atoms with Crippen molar-refractivity contribution in [3.63, 3.8) is 0 Å². The molecular formula is C19H26N4O5S. The van der Waals surface area contributed by atoms with E-state index in [0.29, 0.717) is 24.1 Å². The molecule has 1 aliphatic rings. The number of carbonyl (C=O) groups excluding carboxylic acids is 1. The van der Waals surface area contributed by atoms with E-state index in [0.717, 1.165) is 34.6 Å². The Labute approximate surface area is 169 Å². The number of carbonyl (C=O) groups is 1. The minimum Gasteiger partial charge on any atom is -0.342 e. The van der Waals surface area contributed by atoms with Crippen LogP contribution in [0.2, 0.25) is 0 Å². The molecule has 3 rings (SSSR count). The van der Waals surface area contributed by atoms with Crippen molar-refractivity contribution in [1.29, 1.82) is 0 Å². The number of nitrogens with zero attached hydrogens (tertiary/aromatic N) is 4. The third-order valence-electron chi connectivity index (χ3n) is 5.49. The van der Waals surface area contributed by atoms with Gasteiger partial charge in [0, 0.05) is 34.2 Å². The lowest BCUT2D eigenvalue weighted by molar-refractivity contribution is -0.131. The van der Waals surface area contributed by atoms with Crippen molar-refractivity contribution in [3.8, 4) is 0 Å². The van der Waals surface area contributed by atoms with Crippen LogP contribution in [0.5, 0.6) is 0 Å². The summed E-state index contributed by atoms with van der Waals surface area (Å²) in [7, 11) is 0.317. The number of hydrogen-bond donors (Lipinski definition) is 0. The molecule has 158 valence electrons. The highest BCUT2D eigenvalue weighted by molar-refractivity contribution is 7.89. The van der Waals surface area contributed by atoms with E-state index in [2.05, 4.69) is 0 Å². The largest absolute Gasteiger partial charge is 0.342 e. The number of aromatic nitrogens is 2. The molecule has 1 saturated heterocycles. The topological polar surface area (TPSA) is 102 Å². The number of fused-ring (bicyclic) bond motifs is 1. The zero-order valence-corrected chi connectivity index (χ0v) is 17.7. The van der Waals surface area contributed by atoms with Gasteiger partial charge in [-0.15, -0.1) is 0 Å². The van der Waals surface area contributed by atoms with Crippen molar-refractivity contribution >= 4 is 27.0 Å². The molecule has 1 aromatic heterocycles. The van der Waals surface area contributed by atoms with E-state index in [1.165, 1.54) is 43.9 Å². The van der Waals surface area contributed by atoms with Gasteiger partial charge in [0.15, 0.2) is 0 Å². The van der Waals surface area contributed by atoms with Gasteiger partial charge in [-0.3, -0.25) is 14.4 Å². The molecule has 1 amide bonds. The van der Waals surface area contributed by atoms with Crippen LogP contribution in [-0.4, -0.2) is 59.3 Å². The summed E-state index contributed by atoms with van der Waals surface area (Å²) in [5.74, 6) is -0.214. The van der Waals surface area contributed by atoms with Crippen LogP contribution in [0.15, 0.2) is 32.7 Å². The number of aryl methyl sites for hydroxylation is 2. The molecule has 9 nitrogen and oxygen atoms in total. The van der Waals surface area contributed by atoms with Crippen LogP contribution in [0, 0.1) is 0 Å². The van der Waals surface area contributed by atoms with Crippen molar-refractivity contribution in [3.05, 3.63) is 38.9 Å². The standard InChI is InChI=1S/C19H26N4O5S/c1-20(13-17(24)23-10-6-4-5-7-11-23)29(27,28)14-8-9-15-16(12-14)22(3)19(26)18(25)21(15)2/h8-9,12H,4-7,10-11,13H2,1-3H3. The van der Waals surface area contributed by atoms with Crippen LogP contribution in [-0.2, 0) is 28.9 Å². The lowest BCUT2D eigenvalue weighted by Gasteiger charge is -2.24. The van der Waals surface area contributed by atoms with E-state index in [4.69, 9.17) is 0 Å². The smallest absolute Gasteiger partial charge is 0.316 e. The molecule has 2 aromatic rings. The Morgan fingerprint density at radius 1 is 0.966 bits per heavy atom. The fourth-order valence-electron chi connectivity index (χ4n) is 3.60. The Morgan fingerprint density at radius 2 is 1.52 bits per heavy atom. The van der Waals surface area contributed by atoms with Crippen LogP contribution >= 0.6 is 0 Å². The molecule has 1 fully saturated rings. The second-order valence-corrected chi connectivity index (χ2v) is 9.48. The highest BCUT2D eigenvalue weighted by Crippen LogP contribution is 2.20. The van der Waals surface area contributed by atoms with Gasteiger partial charge in [0.1, 0.15) is 0 Å². The Hall–Kier alpha value is -2.46. The molecule has 0 aliphatic carbocycles. The minimum atomic E-state index is -3.94. The maximum absolute atomic E-state index is 13.0. The van der Waals surface area contributed by atoms with E-state index in [1.807, 2.05) is 0 Å². The Balaban J connectivity index is 1.92. The predicted octanol–water partition coefficient (Wildman–Crippen LogP) is 0.260.